The van der Waals surface area contributed by atoms with Gasteiger partial charge in [0.1, 0.15) is 17.3 Å². The first-order valence-corrected chi connectivity index (χ1v) is 6.55. The lowest BCUT2D eigenvalue weighted by molar-refractivity contribution is 0.0692. The van der Waals surface area contributed by atoms with Gasteiger partial charge in [0.05, 0.1) is 22.8 Å². The van der Waals surface area contributed by atoms with Gasteiger partial charge in [-0.2, -0.15) is 0 Å². The topological polar surface area (TPSA) is 81.8 Å². The van der Waals surface area contributed by atoms with Crippen molar-refractivity contribution in [3.05, 3.63) is 46.2 Å². The number of nitrogens with two attached hydrogens (primary N) is 1. The lowest BCUT2D eigenvalue weighted by atomic mass is 10.1. The van der Waals surface area contributed by atoms with Crippen LogP contribution in [-0.4, -0.2) is 18.2 Å². The van der Waals surface area contributed by atoms with E-state index in [2.05, 4.69) is 15.9 Å². The number of ether oxygens (including phenoxy) is 2. The highest BCUT2D eigenvalue weighted by Crippen LogP contribution is 2.35. The van der Waals surface area contributed by atoms with Gasteiger partial charge in [-0.1, -0.05) is 0 Å². The second-order valence-electron chi connectivity index (χ2n) is 4.07. The Balaban J connectivity index is 2.36. The van der Waals surface area contributed by atoms with Crippen molar-refractivity contribution in [2.45, 2.75) is 0 Å². The molecule has 0 aromatic heterocycles. The maximum Gasteiger partial charge on any atom is 0.338 e. The van der Waals surface area contributed by atoms with E-state index >= 15 is 0 Å². The number of nitrogen functional groups attached to an aromatic ring is 1. The third kappa shape index (κ3) is 3.25. The average Bonchev–Trinajstić information content (AvgIpc) is 2.44. The maximum atomic E-state index is 13.7. The third-order valence-electron chi connectivity index (χ3n) is 2.69. The number of hydrogen-bond acceptors (Lipinski definition) is 4. The van der Waals surface area contributed by atoms with Crippen molar-refractivity contribution in [1.29, 1.82) is 0 Å². The highest BCUT2D eigenvalue weighted by atomic mass is 79.9. The van der Waals surface area contributed by atoms with Crippen LogP contribution in [-0.2, 0) is 0 Å². The first kappa shape index (κ1) is 15.1. The van der Waals surface area contributed by atoms with Crippen molar-refractivity contribution >= 4 is 27.6 Å². The first-order chi connectivity index (χ1) is 9.92. The van der Waals surface area contributed by atoms with Gasteiger partial charge in [-0.05, 0) is 40.2 Å². The van der Waals surface area contributed by atoms with Gasteiger partial charge in [-0.15, -0.1) is 0 Å². The van der Waals surface area contributed by atoms with Gasteiger partial charge in [0.2, 0.25) is 0 Å². The van der Waals surface area contributed by atoms with Crippen molar-refractivity contribution in [1.82, 2.24) is 0 Å². The van der Waals surface area contributed by atoms with Gasteiger partial charge in [-0.3, -0.25) is 0 Å². The van der Waals surface area contributed by atoms with E-state index in [1.165, 1.54) is 7.11 Å². The predicted octanol–water partition coefficient (Wildman–Crippen LogP) is 3.67. The van der Waals surface area contributed by atoms with Crippen LogP contribution >= 0.6 is 15.9 Å². The molecule has 0 saturated carbocycles. The number of carbonyl (C=O) groups is 1. The van der Waals surface area contributed by atoms with E-state index in [4.69, 9.17) is 20.3 Å². The molecule has 0 aliphatic heterocycles. The van der Waals surface area contributed by atoms with Crippen LogP contribution < -0.4 is 15.2 Å². The third-order valence-corrected chi connectivity index (χ3v) is 3.31. The van der Waals surface area contributed by atoms with Gasteiger partial charge < -0.3 is 20.3 Å². The molecule has 0 unspecified atom stereocenters. The number of hydrogen-bond donors (Lipinski definition) is 2. The van der Waals surface area contributed by atoms with E-state index in [1.807, 2.05) is 0 Å². The molecule has 0 spiro atoms. The number of anilines is 1. The number of halogens is 2. The summed E-state index contributed by atoms with van der Waals surface area (Å²) in [6.07, 6.45) is 0. The van der Waals surface area contributed by atoms with Crippen LogP contribution in [0.4, 0.5) is 10.1 Å². The van der Waals surface area contributed by atoms with Gasteiger partial charge in [0.25, 0.3) is 0 Å². The molecule has 0 saturated heterocycles. The van der Waals surface area contributed by atoms with Crippen LogP contribution in [0.5, 0.6) is 17.2 Å². The zero-order chi connectivity index (χ0) is 15.6. The molecule has 21 heavy (non-hydrogen) atoms. The molecular weight excluding hydrogens is 345 g/mol. The summed E-state index contributed by atoms with van der Waals surface area (Å²) in [6.45, 7) is 0. The molecule has 7 heteroatoms. The number of carboxylic acid groups (broad SMARTS) is 1. The summed E-state index contributed by atoms with van der Waals surface area (Å²) in [6, 6.07) is 6.91. The summed E-state index contributed by atoms with van der Waals surface area (Å²) in [5.74, 6) is -1.27. The van der Waals surface area contributed by atoms with Crippen LogP contribution in [0, 0.1) is 5.82 Å². The number of carboxylic acids is 1. The summed E-state index contributed by atoms with van der Waals surface area (Å²) in [5, 5.41) is 8.81. The molecule has 3 N–H and O–H groups in total. The second kappa shape index (κ2) is 6.01. The standard InChI is InChI=1S/C14H11BrFNO4/c1-20-7-2-3-12(9(15)4-7)21-13-6-10(16)8(14(18)19)5-11(13)17/h2-6H,17H2,1H3,(H,18,19). The van der Waals surface area contributed by atoms with Crippen molar-refractivity contribution in [2.75, 3.05) is 12.8 Å². The van der Waals surface area contributed by atoms with E-state index in [1.54, 1.807) is 18.2 Å². The fourth-order valence-corrected chi connectivity index (χ4v) is 2.07. The quantitative estimate of drug-likeness (QED) is 0.817. The Kier molecular flexibility index (Phi) is 4.32. The smallest absolute Gasteiger partial charge is 0.338 e. The molecule has 2 aromatic carbocycles. The lowest BCUT2D eigenvalue weighted by Gasteiger charge is -2.12. The van der Waals surface area contributed by atoms with Gasteiger partial charge in [0.15, 0.2) is 5.75 Å². The molecule has 0 aliphatic rings. The van der Waals surface area contributed by atoms with Crippen molar-refractivity contribution in [3.63, 3.8) is 0 Å². The fraction of sp³-hybridized carbons (Fsp3) is 0.0714. The molecule has 2 aromatic rings. The monoisotopic (exact) mass is 355 g/mol. The Morgan fingerprint density at radius 1 is 1.29 bits per heavy atom. The normalized spacial score (nSPS) is 10.2. The summed E-state index contributed by atoms with van der Waals surface area (Å²) >= 11 is 3.29. The number of benzene rings is 2. The SMILES string of the molecule is COc1ccc(Oc2cc(F)c(C(=O)O)cc2N)c(Br)c1. The second-order valence-corrected chi connectivity index (χ2v) is 4.93. The summed E-state index contributed by atoms with van der Waals surface area (Å²) in [7, 11) is 1.53. The minimum atomic E-state index is -1.39. The highest BCUT2D eigenvalue weighted by molar-refractivity contribution is 9.10. The molecule has 0 atom stereocenters. The van der Waals surface area contributed by atoms with Crippen LogP contribution in [0.15, 0.2) is 34.8 Å². The lowest BCUT2D eigenvalue weighted by Crippen LogP contribution is -2.03. The highest BCUT2D eigenvalue weighted by Gasteiger charge is 2.15. The Hall–Kier alpha value is -2.28. The minimum absolute atomic E-state index is 0.0246. The molecular formula is C14H11BrFNO4. The molecule has 110 valence electrons. The molecule has 0 amide bonds. The number of aromatic carboxylic acids is 1. The van der Waals surface area contributed by atoms with Crippen molar-refractivity contribution < 1.29 is 23.8 Å². The van der Waals surface area contributed by atoms with Crippen molar-refractivity contribution in [2.24, 2.45) is 0 Å². The maximum absolute atomic E-state index is 13.7. The van der Waals surface area contributed by atoms with Crippen LogP contribution in [0.1, 0.15) is 10.4 Å². The largest absolute Gasteiger partial charge is 0.497 e. The molecule has 5 nitrogen and oxygen atoms in total. The molecule has 2 rings (SSSR count). The Morgan fingerprint density at radius 3 is 2.57 bits per heavy atom. The van der Waals surface area contributed by atoms with Crippen LogP contribution in [0.2, 0.25) is 0 Å². The van der Waals surface area contributed by atoms with Crippen molar-refractivity contribution in [3.8, 4) is 17.2 Å². The molecule has 0 fully saturated rings. The molecule has 0 radical (unpaired) electrons. The predicted molar refractivity (Wildman–Crippen MR) is 78.5 cm³/mol. The fourth-order valence-electron chi connectivity index (χ4n) is 1.63. The van der Waals surface area contributed by atoms with E-state index < -0.39 is 17.3 Å². The first-order valence-electron chi connectivity index (χ1n) is 5.76. The Labute approximate surface area is 128 Å². The van der Waals surface area contributed by atoms with Gasteiger partial charge in [0, 0.05) is 6.07 Å². The van der Waals surface area contributed by atoms with E-state index in [9.17, 15) is 9.18 Å². The summed E-state index contributed by atoms with van der Waals surface area (Å²) < 4.78 is 24.8. The molecule has 0 aliphatic carbocycles. The Bertz CT molecular complexity index is 706. The minimum Gasteiger partial charge on any atom is -0.497 e. The molecule has 0 bridgehead atoms. The van der Waals surface area contributed by atoms with Crippen LogP contribution in [0.25, 0.3) is 0 Å². The zero-order valence-electron chi connectivity index (χ0n) is 10.9. The number of methoxy groups -OCH3 is 1. The zero-order valence-corrected chi connectivity index (χ0v) is 12.5. The van der Waals surface area contributed by atoms with E-state index in [-0.39, 0.29) is 11.4 Å². The summed E-state index contributed by atoms with van der Waals surface area (Å²) in [5.41, 5.74) is 5.21. The molecule has 0 heterocycles. The van der Waals surface area contributed by atoms with E-state index in [0.717, 1.165) is 12.1 Å². The average molecular weight is 356 g/mol. The van der Waals surface area contributed by atoms with Gasteiger partial charge in [-0.25, -0.2) is 9.18 Å². The van der Waals surface area contributed by atoms with Crippen LogP contribution in [0.3, 0.4) is 0 Å². The van der Waals surface area contributed by atoms with Gasteiger partial charge >= 0.3 is 5.97 Å². The summed E-state index contributed by atoms with van der Waals surface area (Å²) in [4.78, 5) is 10.8. The Morgan fingerprint density at radius 2 is 2.00 bits per heavy atom. The van der Waals surface area contributed by atoms with E-state index in [0.29, 0.717) is 16.0 Å². The number of rotatable bonds is 4.